The molecule has 0 aromatic rings. The molecule has 0 rings (SSSR count). The topological polar surface area (TPSA) is 57.5 Å². The van der Waals surface area contributed by atoms with Gasteiger partial charge in [0.25, 0.3) is 0 Å². The van der Waals surface area contributed by atoms with Gasteiger partial charge in [-0.15, -0.1) is 0 Å². The van der Waals surface area contributed by atoms with Crippen LogP contribution in [-0.2, 0) is 4.79 Å². The maximum atomic E-state index is 10.8. The van der Waals surface area contributed by atoms with Gasteiger partial charge >= 0.3 is 43.7 Å². The molecule has 0 heterocycles. The normalized spacial score (nSPS) is 13.2. The Morgan fingerprint density at radius 1 is 0.680 bits per heavy atom. The predicted octanol–water partition coefficient (Wildman–Crippen LogP) is 5.56. The van der Waals surface area contributed by atoms with Crippen molar-refractivity contribution < 1.29 is 15.0 Å². The summed E-state index contributed by atoms with van der Waals surface area (Å²) in [6.07, 6.45) is 21.2. The van der Waals surface area contributed by atoms with E-state index in [9.17, 15) is 9.90 Å². The van der Waals surface area contributed by atoms with Crippen LogP contribution in [0.15, 0.2) is 0 Å². The number of rotatable bonds is 18. The Morgan fingerprint density at radius 3 is 1.24 bits per heavy atom. The summed E-state index contributed by atoms with van der Waals surface area (Å²) in [5.74, 6) is -1.11. The van der Waals surface area contributed by atoms with Gasteiger partial charge in [-0.05, 0) is 19.8 Å². The van der Waals surface area contributed by atoms with Crippen LogP contribution in [-0.4, -0.2) is 59.5 Å². The third kappa shape index (κ3) is 19.3. The summed E-state index contributed by atoms with van der Waals surface area (Å²) >= 11 is 0. The van der Waals surface area contributed by atoms with E-state index >= 15 is 0 Å². The van der Waals surface area contributed by atoms with Crippen molar-refractivity contribution in [1.82, 2.24) is 0 Å². The van der Waals surface area contributed by atoms with Crippen LogP contribution in [0.3, 0.4) is 0 Å². The molecule has 0 saturated heterocycles. The summed E-state index contributed by atoms with van der Waals surface area (Å²) in [4.78, 5) is 10.8. The molecule has 0 radical (unpaired) electrons. The molecule has 0 aliphatic heterocycles. The van der Waals surface area contributed by atoms with Crippen LogP contribution < -0.4 is 0 Å². The molecule has 0 aliphatic carbocycles. The van der Waals surface area contributed by atoms with Gasteiger partial charge in [-0.25, -0.2) is 4.79 Å². The first-order valence-electron chi connectivity index (χ1n) is 10.5. The number of carboxylic acid groups (broad SMARTS) is 1. The molecule has 0 amide bonds. The Labute approximate surface area is 186 Å². The first-order valence-corrected chi connectivity index (χ1v) is 10.5. The van der Waals surface area contributed by atoms with Gasteiger partial charge in [0.2, 0.25) is 0 Å². The van der Waals surface area contributed by atoms with Crippen LogP contribution in [0.25, 0.3) is 0 Å². The first-order chi connectivity index (χ1) is 11.5. The molecule has 3 nitrogen and oxygen atoms in total. The zero-order chi connectivity index (χ0) is 18.1. The van der Waals surface area contributed by atoms with Gasteiger partial charge in [-0.3, -0.25) is 0 Å². The fraction of sp³-hybridized carbons (Fsp3) is 0.952. The van der Waals surface area contributed by atoms with Crippen LogP contribution in [0.2, 0.25) is 0 Å². The van der Waals surface area contributed by atoms with Gasteiger partial charge in [0.05, 0.1) is 0 Å². The summed E-state index contributed by atoms with van der Waals surface area (Å²) in [5, 5.41) is 18.4. The predicted molar refractivity (Wildman–Crippen MR) is 111 cm³/mol. The maximum absolute atomic E-state index is 10.8. The summed E-state index contributed by atoms with van der Waals surface area (Å²) in [6.45, 7) is 3.66. The zero-order valence-electron chi connectivity index (χ0n) is 16.3. The van der Waals surface area contributed by atoms with Crippen LogP contribution in [0.5, 0.6) is 0 Å². The van der Waals surface area contributed by atoms with E-state index in [0.717, 1.165) is 19.3 Å². The van der Waals surface area contributed by atoms with Crippen molar-refractivity contribution in [3.05, 3.63) is 0 Å². The van der Waals surface area contributed by atoms with E-state index in [4.69, 9.17) is 5.11 Å². The molecule has 1 atom stereocenters. The number of hydrogen-bond donors (Lipinski definition) is 2. The van der Waals surface area contributed by atoms with Gasteiger partial charge in [-0.2, -0.15) is 0 Å². The minimum atomic E-state index is -1.55. The molecule has 25 heavy (non-hydrogen) atoms. The third-order valence-electron chi connectivity index (χ3n) is 4.98. The second-order valence-electron chi connectivity index (χ2n) is 7.63. The van der Waals surface area contributed by atoms with Gasteiger partial charge < -0.3 is 10.2 Å². The summed E-state index contributed by atoms with van der Waals surface area (Å²) in [5.41, 5.74) is -1.55. The molecule has 0 aliphatic rings. The molecule has 0 aromatic heterocycles. The van der Waals surface area contributed by atoms with Crippen molar-refractivity contribution in [2.24, 2.45) is 0 Å². The molecule has 0 saturated carbocycles. The average Bonchev–Trinajstić information content (AvgIpc) is 2.54. The third-order valence-corrected chi connectivity index (χ3v) is 4.98. The van der Waals surface area contributed by atoms with Crippen molar-refractivity contribution in [2.75, 3.05) is 0 Å². The first kappa shape index (κ1) is 27.9. The van der Waals surface area contributed by atoms with Crippen molar-refractivity contribution in [3.63, 3.8) is 0 Å². The second kappa shape index (κ2) is 19.5. The molecular formula is C21H44CaO3. The van der Waals surface area contributed by atoms with Crippen molar-refractivity contribution in [2.45, 2.75) is 129 Å². The van der Waals surface area contributed by atoms with Crippen LogP contribution in [0, 0.1) is 0 Å². The van der Waals surface area contributed by atoms with E-state index in [1.165, 1.54) is 90.4 Å². The summed E-state index contributed by atoms with van der Waals surface area (Å²) in [7, 11) is 0. The van der Waals surface area contributed by atoms with Crippen LogP contribution in [0.4, 0.5) is 0 Å². The average molecular weight is 385 g/mol. The van der Waals surface area contributed by atoms with E-state index in [2.05, 4.69) is 6.92 Å². The molecule has 1 unspecified atom stereocenters. The Bertz CT molecular complexity index is 293. The monoisotopic (exact) mass is 384 g/mol. The van der Waals surface area contributed by atoms with Gasteiger partial charge in [-0.1, -0.05) is 103 Å². The molecule has 0 bridgehead atoms. The molecule has 4 heteroatoms. The minimum absolute atomic E-state index is 0. The molecule has 0 aromatic carbocycles. The van der Waals surface area contributed by atoms with E-state index in [1.807, 2.05) is 0 Å². The van der Waals surface area contributed by atoms with Gasteiger partial charge in [0.1, 0.15) is 0 Å². The number of carbonyl (C=O) groups is 1. The number of aliphatic hydroxyl groups is 1. The Kier molecular flexibility index (Phi) is 21.7. The van der Waals surface area contributed by atoms with Crippen LogP contribution in [0.1, 0.15) is 123 Å². The second-order valence-corrected chi connectivity index (χ2v) is 7.63. The van der Waals surface area contributed by atoms with Crippen molar-refractivity contribution in [3.8, 4) is 0 Å². The zero-order valence-corrected chi connectivity index (χ0v) is 16.3. The van der Waals surface area contributed by atoms with Crippen molar-refractivity contribution in [1.29, 1.82) is 0 Å². The molecule has 148 valence electrons. The number of hydrogen-bond acceptors (Lipinski definition) is 2. The molecule has 0 spiro atoms. The number of unbranched alkanes of at least 4 members (excludes halogenated alkanes) is 15. The molecule has 0 fully saturated rings. The Morgan fingerprint density at radius 2 is 0.960 bits per heavy atom. The van der Waals surface area contributed by atoms with Gasteiger partial charge in [0, 0.05) is 0 Å². The Hall–Kier alpha value is 0.690. The molecular weight excluding hydrogens is 340 g/mol. The van der Waals surface area contributed by atoms with E-state index in [0.29, 0.717) is 6.42 Å². The Balaban J connectivity index is 0. The van der Waals surface area contributed by atoms with E-state index in [-0.39, 0.29) is 37.7 Å². The van der Waals surface area contributed by atoms with E-state index < -0.39 is 11.6 Å². The quantitative estimate of drug-likeness (QED) is 0.240. The SMILES string of the molecule is CCCCCCCCCCCCCCCCCCC(C)(O)C(=O)O.[CaH2]. The fourth-order valence-corrected chi connectivity index (χ4v) is 3.12. The summed E-state index contributed by atoms with van der Waals surface area (Å²) in [6, 6.07) is 0. The fourth-order valence-electron chi connectivity index (χ4n) is 3.12. The number of carboxylic acids is 1. The number of aliphatic carboxylic acids is 1. The van der Waals surface area contributed by atoms with E-state index in [1.54, 1.807) is 0 Å². The molecule has 2 N–H and O–H groups in total. The summed E-state index contributed by atoms with van der Waals surface area (Å²) < 4.78 is 0. The van der Waals surface area contributed by atoms with Crippen molar-refractivity contribution >= 4 is 43.7 Å². The van der Waals surface area contributed by atoms with Gasteiger partial charge in [0.15, 0.2) is 5.60 Å². The van der Waals surface area contributed by atoms with Crippen LogP contribution >= 0.6 is 0 Å². The standard InChI is InChI=1S/C21H42O3.Ca.2H/c1-3-4-5-6-7-8-9-10-11-12-13-14-15-16-17-18-19-21(2,24)20(22)23;;;/h24H,3-19H2,1-2H3,(H,22,23);;;.